The normalized spacial score (nSPS) is 20.2. The van der Waals surface area contributed by atoms with E-state index in [0.29, 0.717) is 5.75 Å². The van der Waals surface area contributed by atoms with Crippen LogP contribution in [-0.2, 0) is 24.2 Å². The third kappa shape index (κ3) is 7.80. The highest BCUT2D eigenvalue weighted by Gasteiger charge is 2.50. The number of carbonyl (C=O) groups is 1. The number of thiocarbonyl (C=S) groups is 1. The summed E-state index contributed by atoms with van der Waals surface area (Å²) >= 11 is 5.37. The van der Waals surface area contributed by atoms with Crippen molar-refractivity contribution in [2.75, 3.05) is 26.8 Å². The molecule has 2 atom stereocenters. The fraction of sp³-hybridized carbons (Fsp3) is 0.583. The van der Waals surface area contributed by atoms with Crippen LogP contribution in [0.25, 0.3) is 0 Å². The number of methoxy groups -OCH3 is 1. The lowest BCUT2D eigenvalue weighted by atomic mass is 9.96. The van der Waals surface area contributed by atoms with Gasteiger partial charge < -0.3 is 24.3 Å². The highest BCUT2D eigenvalue weighted by molar-refractivity contribution is 7.89. The molecule has 1 aliphatic heterocycles. The number of hydrogen-bond donors (Lipinski definition) is 1. The first-order valence-corrected chi connectivity index (χ1v) is 12.9. The van der Waals surface area contributed by atoms with Crippen LogP contribution >= 0.6 is 12.2 Å². The van der Waals surface area contributed by atoms with Crippen LogP contribution in [0.4, 0.5) is 4.79 Å². The van der Waals surface area contributed by atoms with Crippen molar-refractivity contribution >= 4 is 33.4 Å². The van der Waals surface area contributed by atoms with Crippen LogP contribution in [0, 0.1) is 11.8 Å². The number of sulfonamides is 1. The molecule has 11 heteroatoms. The zero-order valence-electron chi connectivity index (χ0n) is 21.2. The Morgan fingerprint density at radius 1 is 1.29 bits per heavy atom. The fourth-order valence-electron chi connectivity index (χ4n) is 3.59. The number of morpholine rings is 1. The monoisotopic (exact) mass is 526 g/mol. The van der Waals surface area contributed by atoms with E-state index in [-0.39, 0.29) is 29.6 Å². The van der Waals surface area contributed by atoms with Gasteiger partial charge in [-0.05, 0) is 78.0 Å². The second-order valence-electron chi connectivity index (χ2n) is 9.41. The highest BCUT2D eigenvalue weighted by Crippen LogP contribution is 2.34. The molecule has 0 spiro atoms. The lowest BCUT2D eigenvalue weighted by molar-refractivity contribution is -0.132. The summed E-state index contributed by atoms with van der Waals surface area (Å²) in [7, 11) is -2.63. The van der Waals surface area contributed by atoms with Crippen molar-refractivity contribution in [2.45, 2.75) is 69.8 Å². The molecule has 1 aromatic rings. The molecule has 0 saturated carbocycles. The summed E-state index contributed by atoms with van der Waals surface area (Å²) in [5, 5.41) is 2.73. The Balaban J connectivity index is 2.31. The third-order valence-corrected chi connectivity index (χ3v) is 7.25. The lowest BCUT2D eigenvalue weighted by Crippen LogP contribution is -2.65. The van der Waals surface area contributed by atoms with Gasteiger partial charge in [-0.1, -0.05) is 5.92 Å². The first-order chi connectivity index (χ1) is 16.2. The first kappa shape index (κ1) is 28.8. The molecular formula is C24H34N2O7S2. The van der Waals surface area contributed by atoms with E-state index in [4.69, 9.17) is 31.2 Å². The molecule has 1 amide bonds. The summed E-state index contributed by atoms with van der Waals surface area (Å²) < 4.78 is 50.9. The molecule has 1 saturated heterocycles. The van der Waals surface area contributed by atoms with E-state index in [1.807, 2.05) is 0 Å². The van der Waals surface area contributed by atoms with Gasteiger partial charge in [-0.25, -0.2) is 13.2 Å². The number of nitrogens with one attached hydrogen (secondary N) is 1. The first-order valence-electron chi connectivity index (χ1n) is 11.1. The van der Waals surface area contributed by atoms with E-state index < -0.39 is 39.5 Å². The van der Waals surface area contributed by atoms with Gasteiger partial charge in [0.15, 0.2) is 5.05 Å². The highest BCUT2D eigenvalue weighted by atomic mass is 32.2. The van der Waals surface area contributed by atoms with Gasteiger partial charge in [-0.3, -0.25) is 0 Å². The molecule has 194 valence electrons. The maximum atomic E-state index is 13.7. The molecule has 9 nitrogen and oxygen atoms in total. The van der Waals surface area contributed by atoms with Crippen LogP contribution in [0.15, 0.2) is 29.2 Å². The van der Waals surface area contributed by atoms with Crippen molar-refractivity contribution in [1.82, 2.24) is 9.62 Å². The van der Waals surface area contributed by atoms with Crippen molar-refractivity contribution in [3.63, 3.8) is 0 Å². The number of nitrogens with zero attached hydrogens (tertiary/aromatic N) is 1. The number of rotatable bonds is 7. The zero-order chi connectivity index (χ0) is 26.4. The Bertz CT molecular complexity index is 1070. The van der Waals surface area contributed by atoms with Crippen molar-refractivity contribution in [3.8, 4) is 17.6 Å². The van der Waals surface area contributed by atoms with Crippen LogP contribution in [-0.4, -0.2) is 74.0 Å². The molecule has 1 aliphatic rings. The molecule has 0 bridgehead atoms. The Hall–Kier alpha value is -2.39. The molecule has 0 radical (unpaired) electrons. The van der Waals surface area contributed by atoms with E-state index in [2.05, 4.69) is 17.2 Å². The van der Waals surface area contributed by atoms with Crippen molar-refractivity contribution in [3.05, 3.63) is 24.3 Å². The number of amides is 1. The molecule has 0 aromatic heterocycles. The summed E-state index contributed by atoms with van der Waals surface area (Å²) in [4.78, 5) is 12.2. The number of hydrogen-bond acceptors (Lipinski definition) is 8. The minimum absolute atomic E-state index is 0.0437. The number of benzene rings is 1. The molecule has 0 aliphatic carbocycles. The van der Waals surface area contributed by atoms with Crippen molar-refractivity contribution < 1.29 is 32.2 Å². The smallest absolute Gasteiger partial charge is 0.407 e. The predicted molar refractivity (Wildman–Crippen MR) is 136 cm³/mol. The van der Waals surface area contributed by atoms with Crippen molar-refractivity contribution in [1.29, 1.82) is 0 Å². The Morgan fingerprint density at radius 3 is 2.46 bits per heavy atom. The topological polar surface area (TPSA) is 103 Å². The maximum absolute atomic E-state index is 13.7. The lowest BCUT2D eigenvalue weighted by Gasteiger charge is -2.48. The summed E-state index contributed by atoms with van der Waals surface area (Å²) in [6, 6.07) is 5.20. The second-order valence-corrected chi connectivity index (χ2v) is 11.7. The average molecular weight is 527 g/mol. The fourth-order valence-corrected chi connectivity index (χ4v) is 5.80. The van der Waals surface area contributed by atoms with Gasteiger partial charge in [-0.15, -0.1) is 5.92 Å². The summed E-state index contributed by atoms with van der Waals surface area (Å²) in [6.07, 6.45) is -1.27. The summed E-state index contributed by atoms with van der Waals surface area (Å²) in [5.74, 6) is 6.01. The van der Waals surface area contributed by atoms with Crippen LogP contribution < -0.4 is 10.1 Å². The minimum Gasteiger partial charge on any atom is -0.488 e. The maximum Gasteiger partial charge on any atom is 0.407 e. The van der Waals surface area contributed by atoms with E-state index in [0.717, 1.165) is 0 Å². The van der Waals surface area contributed by atoms with E-state index in [1.165, 1.54) is 23.5 Å². The van der Waals surface area contributed by atoms with Crippen LogP contribution in [0.5, 0.6) is 5.75 Å². The van der Waals surface area contributed by atoms with Crippen LogP contribution in [0.3, 0.4) is 0 Å². The van der Waals surface area contributed by atoms with Gasteiger partial charge in [0, 0.05) is 13.1 Å². The molecule has 1 aromatic carbocycles. The van der Waals surface area contributed by atoms with E-state index >= 15 is 0 Å². The average Bonchev–Trinajstić information content (AvgIpc) is 2.75. The summed E-state index contributed by atoms with van der Waals surface area (Å²) in [6.45, 7) is 10.6. The van der Waals surface area contributed by atoms with Gasteiger partial charge in [0.25, 0.3) is 0 Å². The Morgan fingerprint density at radius 2 is 1.91 bits per heavy atom. The van der Waals surface area contributed by atoms with Gasteiger partial charge in [0.1, 0.15) is 24.0 Å². The predicted octanol–water partition coefficient (Wildman–Crippen LogP) is 3.12. The third-order valence-electron chi connectivity index (χ3n) is 5.02. The minimum atomic E-state index is -4.02. The van der Waals surface area contributed by atoms with Gasteiger partial charge in [0.05, 0.1) is 23.7 Å². The van der Waals surface area contributed by atoms with E-state index in [1.54, 1.807) is 53.7 Å². The molecule has 2 rings (SSSR count). The largest absolute Gasteiger partial charge is 0.488 e. The van der Waals surface area contributed by atoms with Gasteiger partial charge >= 0.3 is 6.09 Å². The quantitative estimate of drug-likeness (QED) is 0.427. The standard InChI is InChI=1S/C24H34N2O7S2/c1-8-9-14-31-17-10-12-19(13-11-17)35(28,29)26-16-18(15-25-22(27)33-23(2,3)4)32-24(5,6)20(26)21(34)30-7/h10-13,18,20H,14-16H2,1-7H3,(H,25,27)/t18-,20-/m1/s1. The molecule has 35 heavy (non-hydrogen) atoms. The number of ether oxygens (including phenoxy) is 4. The summed E-state index contributed by atoms with van der Waals surface area (Å²) in [5.41, 5.74) is -1.71. The number of alkyl carbamates (subject to hydrolysis) is 1. The second kappa shape index (κ2) is 11.6. The molecular weight excluding hydrogens is 492 g/mol. The van der Waals surface area contributed by atoms with Crippen LogP contribution in [0.2, 0.25) is 0 Å². The molecule has 1 N–H and O–H groups in total. The van der Waals surface area contributed by atoms with Gasteiger partial charge in [-0.2, -0.15) is 4.31 Å². The van der Waals surface area contributed by atoms with Gasteiger partial charge in [0.2, 0.25) is 10.0 Å². The van der Waals surface area contributed by atoms with Crippen LogP contribution in [0.1, 0.15) is 41.5 Å². The molecule has 1 heterocycles. The molecule has 1 fully saturated rings. The SMILES string of the molecule is CC#CCOc1ccc(S(=O)(=O)N2C[C@@H](CNC(=O)OC(C)(C)C)OC(C)(C)[C@H]2C(=S)OC)cc1. The molecule has 0 unspecified atom stereocenters. The van der Waals surface area contributed by atoms with Crippen molar-refractivity contribution in [2.24, 2.45) is 0 Å². The number of carbonyl (C=O) groups excluding carboxylic acids is 1. The Labute approximate surface area is 213 Å². The van der Waals surface area contributed by atoms with E-state index in [9.17, 15) is 13.2 Å². The Kier molecular flexibility index (Phi) is 9.53. The zero-order valence-corrected chi connectivity index (χ0v) is 22.8.